The zero-order chi connectivity index (χ0) is 17.2. The van der Waals surface area contributed by atoms with Gasteiger partial charge in [-0.3, -0.25) is 9.69 Å². The second-order valence-corrected chi connectivity index (χ2v) is 7.12. The van der Waals surface area contributed by atoms with E-state index in [1.54, 1.807) is 12.7 Å². The minimum Gasteiger partial charge on any atom is -0.339 e. The number of fused-ring (bicyclic) bond motifs is 1. The number of hydrogen-bond donors (Lipinski definition) is 0. The van der Waals surface area contributed by atoms with E-state index in [-0.39, 0.29) is 18.0 Å². The third-order valence-corrected chi connectivity index (χ3v) is 5.58. The molecule has 2 aliphatic rings. The van der Waals surface area contributed by atoms with Gasteiger partial charge in [-0.15, -0.1) is 0 Å². The maximum absolute atomic E-state index is 13.1. The van der Waals surface area contributed by atoms with E-state index in [1.807, 2.05) is 9.58 Å². The first kappa shape index (κ1) is 16.3. The summed E-state index contributed by atoms with van der Waals surface area (Å²) in [5.74, 6) is 0.240. The molecule has 0 spiro atoms. The van der Waals surface area contributed by atoms with Gasteiger partial charge < -0.3 is 4.90 Å². The first-order valence-electron chi connectivity index (χ1n) is 9.16. The molecule has 1 aromatic heterocycles. The lowest BCUT2D eigenvalue weighted by Gasteiger charge is -2.38. The molecule has 1 fully saturated rings. The highest BCUT2D eigenvalue weighted by Crippen LogP contribution is 2.24. The largest absolute Gasteiger partial charge is 0.339 e. The summed E-state index contributed by atoms with van der Waals surface area (Å²) >= 11 is 0. The van der Waals surface area contributed by atoms with Crippen molar-refractivity contribution in [2.24, 2.45) is 0 Å². The fourth-order valence-corrected chi connectivity index (χ4v) is 4.05. The summed E-state index contributed by atoms with van der Waals surface area (Å²) < 4.78 is 1.89. The van der Waals surface area contributed by atoms with Gasteiger partial charge in [-0.05, 0) is 37.3 Å². The normalized spacial score (nSPS) is 22.4. The SMILES string of the molecule is C[C@@H](C(=O)N1CCC[C@@H](n2cncn2)C1)N1CCc2ccccc2C1. The van der Waals surface area contributed by atoms with Crippen molar-refractivity contribution in [1.82, 2.24) is 24.6 Å². The van der Waals surface area contributed by atoms with Crippen LogP contribution in [0.4, 0.5) is 0 Å². The van der Waals surface area contributed by atoms with Gasteiger partial charge in [0.15, 0.2) is 0 Å². The highest BCUT2D eigenvalue weighted by atomic mass is 16.2. The average Bonchev–Trinajstić information content (AvgIpc) is 3.21. The standard InChI is InChI=1S/C19H25N5O/c1-15(22-10-8-16-5-2-3-6-17(16)11-22)19(25)23-9-4-7-18(12-23)24-14-20-13-21-24/h2-3,5-6,13-15,18H,4,7-12H2,1H3/t15-,18+/m0/s1. The van der Waals surface area contributed by atoms with Gasteiger partial charge in [0, 0.05) is 26.2 Å². The zero-order valence-electron chi connectivity index (χ0n) is 14.7. The Morgan fingerprint density at radius 2 is 2.08 bits per heavy atom. The van der Waals surface area contributed by atoms with Gasteiger partial charge in [0.05, 0.1) is 12.1 Å². The summed E-state index contributed by atoms with van der Waals surface area (Å²) in [6.07, 6.45) is 6.41. The molecule has 0 radical (unpaired) electrons. The fraction of sp³-hybridized carbons (Fsp3) is 0.526. The van der Waals surface area contributed by atoms with E-state index < -0.39 is 0 Å². The summed E-state index contributed by atoms with van der Waals surface area (Å²) in [7, 11) is 0. The number of likely N-dealkylation sites (tertiary alicyclic amines) is 1. The Morgan fingerprint density at radius 1 is 1.24 bits per heavy atom. The van der Waals surface area contributed by atoms with Crippen LogP contribution in [0.5, 0.6) is 0 Å². The second-order valence-electron chi connectivity index (χ2n) is 7.12. The van der Waals surface area contributed by atoms with Gasteiger partial charge in [-0.1, -0.05) is 24.3 Å². The van der Waals surface area contributed by atoms with Crippen molar-refractivity contribution >= 4 is 5.91 Å². The molecular formula is C19H25N5O. The van der Waals surface area contributed by atoms with E-state index in [2.05, 4.69) is 46.2 Å². The monoisotopic (exact) mass is 339 g/mol. The molecule has 2 aromatic rings. The second kappa shape index (κ2) is 6.96. The van der Waals surface area contributed by atoms with Crippen molar-refractivity contribution in [3.63, 3.8) is 0 Å². The van der Waals surface area contributed by atoms with E-state index >= 15 is 0 Å². The molecule has 0 unspecified atom stereocenters. The molecule has 6 nitrogen and oxygen atoms in total. The molecule has 3 heterocycles. The third-order valence-electron chi connectivity index (χ3n) is 5.58. The van der Waals surface area contributed by atoms with Gasteiger partial charge in [0.2, 0.25) is 5.91 Å². The average molecular weight is 339 g/mol. The van der Waals surface area contributed by atoms with Crippen LogP contribution in [-0.2, 0) is 17.8 Å². The van der Waals surface area contributed by atoms with Crippen molar-refractivity contribution in [2.45, 2.75) is 44.8 Å². The van der Waals surface area contributed by atoms with E-state index in [9.17, 15) is 4.79 Å². The van der Waals surface area contributed by atoms with Crippen LogP contribution in [-0.4, -0.2) is 56.1 Å². The molecule has 0 N–H and O–H groups in total. The minimum atomic E-state index is -0.0807. The summed E-state index contributed by atoms with van der Waals surface area (Å²) in [4.78, 5) is 21.4. The van der Waals surface area contributed by atoms with Crippen LogP contribution in [0.15, 0.2) is 36.9 Å². The Balaban J connectivity index is 1.42. The van der Waals surface area contributed by atoms with Crippen LogP contribution in [0, 0.1) is 0 Å². The molecule has 1 amide bonds. The minimum absolute atomic E-state index is 0.0807. The Hall–Kier alpha value is -2.21. The summed E-state index contributed by atoms with van der Waals surface area (Å²) in [6, 6.07) is 8.73. The molecule has 132 valence electrons. The van der Waals surface area contributed by atoms with Gasteiger partial charge in [0.25, 0.3) is 0 Å². The number of benzene rings is 1. The number of carbonyl (C=O) groups excluding carboxylic acids is 1. The highest BCUT2D eigenvalue weighted by molar-refractivity contribution is 5.81. The number of aromatic nitrogens is 3. The molecule has 1 saturated heterocycles. The van der Waals surface area contributed by atoms with E-state index in [0.717, 1.165) is 45.4 Å². The quantitative estimate of drug-likeness (QED) is 0.857. The van der Waals surface area contributed by atoms with Gasteiger partial charge >= 0.3 is 0 Å². The number of amides is 1. The van der Waals surface area contributed by atoms with Crippen molar-refractivity contribution in [3.05, 3.63) is 48.0 Å². The summed E-state index contributed by atoms with van der Waals surface area (Å²) in [5.41, 5.74) is 2.77. The molecule has 1 aromatic carbocycles. The molecule has 0 saturated carbocycles. The van der Waals surface area contributed by atoms with Crippen LogP contribution in [0.2, 0.25) is 0 Å². The fourth-order valence-electron chi connectivity index (χ4n) is 4.05. The van der Waals surface area contributed by atoms with Gasteiger partial charge in [-0.2, -0.15) is 5.10 Å². The first-order chi connectivity index (χ1) is 12.2. The summed E-state index contributed by atoms with van der Waals surface area (Å²) in [6.45, 7) is 5.44. The Morgan fingerprint density at radius 3 is 2.88 bits per heavy atom. The number of carbonyl (C=O) groups is 1. The molecule has 25 heavy (non-hydrogen) atoms. The Bertz CT molecular complexity index is 729. The summed E-state index contributed by atoms with van der Waals surface area (Å²) in [5, 5.41) is 4.25. The molecule has 4 rings (SSSR count). The van der Waals surface area contributed by atoms with Gasteiger partial charge in [-0.25, -0.2) is 9.67 Å². The lowest BCUT2D eigenvalue weighted by Crippen LogP contribution is -2.51. The first-order valence-corrected chi connectivity index (χ1v) is 9.16. The number of rotatable bonds is 3. The lowest BCUT2D eigenvalue weighted by atomic mass is 9.98. The van der Waals surface area contributed by atoms with Crippen molar-refractivity contribution in [2.75, 3.05) is 19.6 Å². The number of nitrogens with zero attached hydrogens (tertiary/aromatic N) is 5. The smallest absolute Gasteiger partial charge is 0.239 e. The molecule has 0 bridgehead atoms. The van der Waals surface area contributed by atoms with Crippen molar-refractivity contribution < 1.29 is 4.79 Å². The number of piperidine rings is 1. The molecule has 6 heteroatoms. The maximum Gasteiger partial charge on any atom is 0.239 e. The van der Waals surface area contributed by atoms with Crippen LogP contribution in [0.3, 0.4) is 0 Å². The number of hydrogen-bond acceptors (Lipinski definition) is 4. The third kappa shape index (κ3) is 3.31. The lowest BCUT2D eigenvalue weighted by molar-refractivity contribution is -0.138. The topological polar surface area (TPSA) is 54.3 Å². The Kier molecular flexibility index (Phi) is 4.53. The Labute approximate surface area is 148 Å². The van der Waals surface area contributed by atoms with E-state index in [0.29, 0.717) is 0 Å². The van der Waals surface area contributed by atoms with Crippen LogP contribution in [0.1, 0.15) is 36.9 Å². The van der Waals surface area contributed by atoms with Crippen LogP contribution in [0.25, 0.3) is 0 Å². The highest BCUT2D eigenvalue weighted by Gasteiger charge is 2.31. The van der Waals surface area contributed by atoms with Crippen LogP contribution >= 0.6 is 0 Å². The van der Waals surface area contributed by atoms with Crippen molar-refractivity contribution in [3.8, 4) is 0 Å². The molecular weight excluding hydrogens is 314 g/mol. The van der Waals surface area contributed by atoms with Crippen LogP contribution < -0.4 is 0 Å². The molecule has 0 aliphatic carbocycles. The van der Waals surface area contributed by atoms with Crippen molar-refractivity contribution in [1.29, 1.82) is 0 Å². The zero-order valence-corrected chi connectivity index (χ0v) is 14.7. The van der Waals surface area contributed by atoms with E-state index in [1.165, 1.54) is 11.1 Å². The maximum atomic E-state index is 13.1. The van der Waals surface area contributed by atoms with E-state index in [4.69, 9.17) is 0 Å². The predicted octanol–water partition coefficient (Wildman–Crippen LogP) is 1.89. The van der Waals surface area contributed by atoms with Gasteiger partial charge in [0.1, 0.15) is 12.7 Å². The predicted molar refractivity (Wildman–Crippen MR) is 94.9 cm³/mol. The molecule has 2 aliphatic heterocycles. The molecule has 2 atom stereocenters.